The van der Waals surface area contributed by atoms with Gasteiger partial charge in [0.25, 0.3) is 11.8 Å². The Morgan fingerprint density at radius 1 is 1.00 bits per heavy atom. The lowest BCUT2D eigenvalue weighted by Crippen LogP contribution is -2.54. The number of imide groups is 2. The molecule has 1 unspecified atom stereocenters. The number of hydrogen-bond acceptors (Lipinski definition) is 9. The number of benzene rings is 1. The first-order valence-electron chi connectivity index (χ1n) is 14.2. The highest BCUT2D eigenvalue weighted by Gasteiger charge is 2.45. The number of carbonyl (C=O) groups is 5. The van der Waals surface area contributed by atoms with Gasteiger partial charge in [0, 0.05) is 32.1 Å². The Balaban J connectivity index is 1.11. The van der Waals surface area contributed by atoms with Gasteiger partial charge >= 0.3 is 6.09 Å². The number of nitrogens with one attached hydrogen (secondary N) is 1. The van der Waals surface area contributed by atoms with E-state index < -0.39 is 35.3 Å². The Morgan fingerprint density at radius 2 is 1.71 bits per heavy atom. The van der Waals surface area contributed by atoms with Gasteiger partial charge in [0.2, 0.25) is 11.8 Å². The third-order valence-electron chi connectivity index (χ3n) is 7.98. The predicted octanol–water partition coefficient (Wildman–Crippen LogP) is 1.96. The molecule has 0 spiro atoms. The molecule has 4 heterocycles. The monoisotopic (exact) mass is 570 g/mol. The number of fused-ring (bicyclic) bond motifs is 1. The molecule has 0 radical (unpaired) electrons. The number of likely N-dealkylation sites (tertiary alicyclic amines) is 2. The van der Waals surface area contributed by atoms with E-state index >= 15 is 0 Å². The van der Waals surface area contributed by atoms with Crippen LogP contribution in [0.5, 0.6) is 5.75 Å². The molecule has 1 aromatic rings. The molecule has 222 valence electrons. The molecule has 5 rings (SSSR count). The number of carbonyl (C=O) groups excluding carboxylic acids is 5. The van der Waals surface area contributed by atoms with Crippen molar-refractivity contribution in [3.63, 3.8) is 0 Å². The van der Waals surface area contributed by atoms with E-state index in [1.807, 2.05) is 27.8 Å². The van der Waals surface area contributed by atoms with E-state index in [1.165, 1.54) is 0 Å². The summed E-state index contributed by atoms with van der Waals surface area (Å²) in [5, 5.41) is 2.20. The van der Waals surface area contributed by atoms with E-state index in [0.717, 1.165) is 30.7 Å². The second kappa shape index (κ2) is 11.4. The van der Waals surface area contributed by atoms with Crippen LogP contribution in [0.3, 0.4) is 0 Å². The third kappa shape index (κ3) is 6.38. The summed E-state index contributed by atoms with van der Waals surface area (Å²) in [5.41, 5.74) is -0.106. The predicted molar refractivity (Wildman–Crippen MR) is 145 cm³/mol. The van der Waals surface area contributed by atoms with E-state index in [-0.39, 0.29) is 48.3 Å². The van der Waals surface area contributed by atoms with Crippen LogP contribution in [0.2, 0.25) is 0 Å². The first kappa shape index (κ1) is 29.0. The van der Waals surface area contributed by atoms with Gasteiger partial charge in [-0.2, -0.15) is 0 Å². The van der Waals surface area contributed by atoms with Gasteiger partial charge in [0.15, 0.2) is 0 Å². The molecule has 12 nitrogen and oxygen atoms in total. The fourth-order valence-corrected chi connectivity index (χ4v) is 5.83. The van der Waals surface area contributed by atoms with Crippen molar-refractivity contribution in [2.75, 3.05) is 33.3 Å². The first-order chi connectivity index (χ1) is 19.4. The first-order valence-corrected chi connectivity index (χ1v) is 14.2. The quantitative estimate of drug-likeness (QED) is 0.509. The summed E-state index contributed by atoms with van der Waals surface area (Å²) < 4.78 is 17.9. The molecule has 0 saturated carbocycles. The lowest BCUT2D eigenvalue weighted by Gasteiger charge is -2.34. The van der Waals surface area contributed by atoms with Crippen LogP contribution >= 0.6 is 0 Å². The van der Waals surface area contributed by atoms with Crippen LogP contribution in [-0.4, -0.2) is 108 Å². The SMILES string of the molecule is CN1C[C@H](OC2CCN(C(=O)OC(C)(C)C)CC2)C[C@H]1COc1ccc2c(c1)C(=O)N(C1CCC(=O)NC1=O)C2=O. The summed E-state index contributed by atoms with van der Waals surface area (Å²) in [5.74, 6) is -1.69. The van der Waals surface area contributed by atoms with Crippen molar-refractivity contribution in [1.29, 1.82) is 0 Å². The lowest BCUT2D eigenvalue weighted by atomic mass is 10.0. The second-order valence-corrected chi connectivity index (χ2v) is 12.2. The molecule has 0 aromatic heterocycles. The molecular weight excluding hydrogens is 532 g/mol. The highest BCUT2D eigenvalue weighted by molar-refractivity contribution is 6.23. The fraction of sp³-hybridized carbons (Fsp3) is 0.621. The minimum Gasteiger partial charge on any atom is -0.492 e. The minimum absolute atomic E-state index is 0.0491. The standard InChI is InChI=1S/C29H38N4O8/c1-29(2,3)41-28(38)32-11-9-18(10-12-32)40-20-13-17(31(4)15-20)16-39-19-5-6-21-22(14-19)27(37)33(26(21)36)23-7-8-24(34)30-25(23)35/h5-6,14,17-18,20,23H,7-13,15-16H2,1-4H3,(H,30,34,35)/t17-,20+,23?/m0/s1. The lowest BCUT2D eigenvalue weighted by molar-refractivity contribution is -0.136. The maximum Gasteiger partial charge on any atom is 0.410 e. The van der Waals surface area contributed by atoms with Gasteiger partial charge in [0.05, 0.1) is 23.3 Å². The van der Waals surface area contributed by atoms with Gasteiger partial charge in [-0.15, -0.1) is 0 Å². The van der Waals surface area contributed by atoms with Crippen LogP contribution < -0.4 is 10.1 Å². The number of ether oxygens (including phenoxy) is 3. The molecular formula is C29H38N4O8. The summed E-state index contributed by atoms with van der Waals surface area (Å²) in [7, 11) is 2.02. The molecule has 3 saturated heterocycles. The van der Waals surface area contributed by atoms with Crippen LogP contribution in [-0.2, 0) is 19.1 Å². The maximum atomic E-state index is 13.1. The number of hydrogen-bond donors (Lipinski definition) is 1. The number of piperidine rings is 2. The largest absolute Gasteiger partial charge is 0.492 e. The average Bonchev–Trinajstić information content (AvgIpc) is 3.37. The van der Waals surface area contributed by atoms with Gasteiger partial charge in [-0.1, -0.05) is 0 Å². The molecule has 3 atom stereocenters. The third-order valence-corrected chi connectivity index (χ3v) is 7.98. The molecule has 0 aliphatic carbocycles. The van der Waals surface area contributed by atoms with Gasteiger partial charge < -0.3 is 19.1 Å². The van der Waals surface area contributed by atoms with Crippen molar-refractivity contribution in [3.8, 4) is 5.75 Å². The Labute approximate surface area is 239 Å². The highest BCUT2D eigenvalue weighted by Crippen LogP contribution is 2.31. The molecule has 5 amide bonds. The van der Waals surface area contributed by atoms with Gasteiger partial charge in [-0.25, -0.2) is 4.79 Å². The molecule has 41 heavy (non-hydrogen) atoms. The van der Waals surface area contributed by atoms with Crippen molar-refractivity contribution >= 4 is 29.7 Å². The van der Waals surface area contributed by atoms with E-state index in [4.69, 9.17) is 14.2 Å². The molecule has 1 N–H and O–H groups in total. The summed E-state index contributed by atoms with van der Waals surface area (Å²) in [4.78, 5) is 67.0. The van der Waals surface area contributed by atoms with Gasteiger partial charge in [-0.05, 0) is 71.7 Å². The fourth-order valence-electron chi connectivity index (χ4n) is 5.83. The van der Waals surface area contributed by atoms with Crippen molar-refractivity contribution in [2.24, 2.45) is 0 Å². The molecule has 12 heteroatoms. The van der Waals surface area contributed by atoms with Gasteiger partial charge in [0.1, 0.15) is 24.0 Å². The molecule has 0 bridgehead atoms. The van der Waals surface area contributed by atoms with E-state index in [1.54, 1.807) is 23.1 Å². The van der Waals surface area contributed by atoms with Crippen molar-refractivity contribution in [1.82, 2.24) is 20.0 Å². The zero-order valence-electron chi connectivity index (χ0n) is 24.0. The molecule has 3 fully saturated rings. The Kier molecular flexibility index (Phi) is 8.06. The van der Waals surface area contributed by atoms with Gasteiger partial charge in [-0.3, -0.25) is 34.3 Å². The van der Waals surface area contributed by atoms with Crippen molar-refractivity contribution in [2.45, 2.75) is 82.8 Å². The smallest absolute Gasteiger partial charge is 0.410 e. The number of rotatable bonds is 6. The summed E-state index contributed by atoms with van der Waals surface area (Å²) in [6.07, 6.45) is 2.34. The number of amides is 5. The zero-order chi connectivity index (χ0) is 29.5. The topological polar surface area (TPSA) is 135 Å². The zero-order valence-corrected chi connectivity index (χ0v) is 24.0. The summed E-state index contributed by atoms with van der Waals surface area (Å²) in [6, 6.07) is 3.85. The normalized spacial score (nSPS) is 25.9. The molecule has 4 aliphatic rings. The Bertz CT molecular complexity index is 1240. The average molecular weight is 571 g/mol. The molecule has 4 aliphatic heterocycles. The van der Waals surface area contributed by atoms with E-state index in [9.17, 15) is 24.0 Å². The van der Waals surface area contributed by atoms with Crippen molar-refractivity contribution < 1.29 is 38.2 Å². The Morgan fingerprint density at radius 3 is 2.39 bits per heavy atom. The number of nitrogens with zero attached hydrogens (tertiary/aromatic N) is 3. The maximum absolute atomic E-state index is 13.1. The van der Waals surface area contributed by atoms with E-state index in [2.05, 4.69) is 10.2 Å². The van der Waals surface area contributed by atoms with Crippen LogP contribution in [0.15, 0.2) is 18.2 Å². The second-order valence-electron chi connectivity index (χ2n) is 12.2. The molecule has 1 aromatic carbocycles. The van der Waals surface area contributed by atoms with Crippen LogP contribution in [0.4, 0.5) is 4.79 Å². The van der Waals surface area contributed by atoms with E-state index in [0.29, 0.717) is 25.4 Å². The highest BCUT2D eigenvalue weighted by atomic mass is 16.6. The number of likely N-dealkylation sites (N-methyl/N-ethyl adjacent to an activating group) is 1. The summed E-state index contributed by atoms with van der Waals surface area (Å²) in [6.45, 7) is 7.94. The van der Waals surface area contributed by atoms with Crippen LogP contribution in [0, 0.1) is 0 Å². The minimum atomic E-state index is -1.00. The van der Waals surface area contributed by atoms with Crippen LogP contribution in [0.1, 0.15) is 73.6 Å². The van der Waals surface area contributed by atoms with Crippen molar-refractivity contribution in [3.05, 3.63) is 29.3 Å². The Hall–Kier alpha value is -3.51. The van der Waals surface area contributed by atoms with Crippen LogP contribution in [0.25, 0.3) is 0 Å². The summed E-state index contributed by atoms with van der Waals surface area (Å²) >= 11 is 0.